The zero-order valence-corrected chi connectivity index (χ0v) is 15.2. The van der Waals surface area contributed by atoms with Gasteiger partial charge in [0, 0.05) is 11.9 Å². The molecule has 0 unspecified atom stereocenters. The first kappa shape index (κ1) is 18.7. The van der Waals surface area contributed by atoms with Gasteiger partial charge >= 0.3 is 0 Å². The molecule has 7 nitrogen and oxygen atoms in total. The lowest BCUT2D eigenvalue weighted by Crippen LogP contribution is -2.18. The van der Waals surface area contributed by atoms with Crippen LogP contribution < -0.4 is 10.5 Å². The van der Waals surface area contributed by atoms with E-state index in [1.165, 1.54) is 41.1 Å². The topological polar surface area (TPSA) is 107 Å². The van der Waals surface area contributed by atoms with Gasteiger partial charge in [-0.2, -0.15) is 5.10 Å². The van der Waals surface area contributed by atoms with Crippen LogP contribution in [0.4, 0.5) is 10.1 Å². The number of nitrogens with one attached hydrogen (secondary N) is 1. The lowest BCUT2D eigenvalue weighted by Gasteiger charge is -2.11. The minimum atomic E-state index is -4.07. The minimum Gasteiger partial charge on any atom is -0.326 e. The Morgan fingerprint density at radius 1 is 1.26 bits per heavy atom. The molecular formula is C18H17FN4O3S. The Balaban J connectivity index is 1.89. The maximum absolute atomic E-state index is 13.7. The van der Waals surface area contributed by atoms with E-state index in [0.29, 0.717) is 0 Å². The fourth-order valence-electron chi connectivity index (χ4n) is 2.57. The number of sulfonamides is 1. The number of aryl methyl sites for hydroxylation is 1. The molecule has 1 amide bonds. The Hall–Kier alpha value is -3.04. The van der Waals surface area contributed by atoms with E-state index in [2.05, 4.69) is 10.4 Å². The summed E-state index contributed by atoms with van der Waals surface area (Å²) in [5, 5.41) is 12.0. The van der Waals surface area contributed by atoms with E-state index in [4.69, 9.17) is 5.14 Å². The largest absolute Gasteiger partial charge is 0.326 e. The van der Waals surface area contributed by atoms with E-state index < -0.39 is 21.7 Å². The minimum absolute atomic E-state index is 0.183. The van der Waals surface area contributed by atoms with Crippen LogP contribution in [0.15, 0.2) is 59.8 Å². The second-order valence-corrected chi connectivity index (χ2v) is 7.54. The van der Waals surface area contributed by atoms with Gasteiger partial charge in [-0.25, -0.2) is 22.6 Å². The molecule has 3 aromatic rings. The number of aromatic nitrogens is 2. The number of hydrogen-bond donors (Lipinski definition) is 2. The maximum Gasteiger partial charge on any atom is 0.240 e. The molecule has 0 saturated heterocycles. The summed E-state index contributed by atoms with van der Waals surface area (Å²) < 4.78 is 39.0. The summed E-state index contributed by atoms with van der Waals surface area (Å²) in [5.41, 5.74) is 1.58. The highest BCUT2D eigenvalue weighted by molar-refractivity contribution is 7.89. The van der Waals surface area contributed by atoms with Gasteiger partial charge in [0.2, 0.25) is 15.9 Å². The van der Waals surface area contributed by atoms with Crippen molar-refractivity contribution in [3.8, 4) is 5.69 Å². The molecule has 0 spiro atoms. The SMILES string of the molecule is Cc1cnn(-c2ccc(NC(=O)Cc3ccccc3F)cc2S(N)(=O)=O)c1. The quantitative estimate of drug-likeness (QED) is 0.698. The van der Waals surface area contributed by atoms with Crippen LogP contribution in [-0.4, -0.2) is 24.1 Å². The van der Waals surface area contributed by atoms with Crippen molar-refractivity contribution in [2.75, 3.05) is 5.32 Å². The predicted octanol–water partition coefficient (Wildman–Crippen LogP) is 2.15. The molecule has 0 fully saturated rings. The molecular weight excluding hydrogens is 371 g/mol. The fraction of sp³-hybridized carbons (Fsp3) is 0.111. The van der Waals surface area contributed by atoms with Crippen LogP contribution in [0.1, 0.15) is 11.1 Å². The molecule has 0 aliphatic rings. The molecule has 0 radical (unpaired) electrons. The van der Waals surface area contributed by atoms with Crippen LogP contribution in [0.25, 0.3) is 5.69 Å². The number of hydrogen-bond acceptors (Lipinski definition) is 4. The summed E-state index contributed by atoms with van der Waals surface area (Å²) in [5.74, 6) is -0.967. The van der Waals surface area contributed by atoms with Crippen molar-refractivity contribution in [1.82, 2.24) is 9.78 Å². The van der Waals surface area contributed by atoms with Crippen molar-refractivity contribution in [2.45, 2.75) is 18.2 Å². The van der Waals surface area contributed by atoms with E-state index >= 15 is 0 Å². The molecule has 0 aliphatic heterocycles. The average molecular weight is 388 g/mol. The van der Waals surface area contributed by atoms with Gasteiger partial charge in [-0.05, 0) is 42.3 Å². The lowest BCUT2D eigenvalue weighted by atomic mass is 10.1. The Labute approximate surface area is 155 Å². The first-order valence-electron chi connectivity index (χ1n) is 7.96. The number of nitrogens with zero attached hydrogens (tertiary/aromatic N) is 2. The molecule has 3 rings (SSSR count). The number of halogens is 1. The summed E-state index contributed by atoms with van der Waals surface area (Å²) in [6.07, 6.45) is 3.05. The zero-order chi connectivity index (χ0) is 19.6. The van der Waals surface area contributed by atoms with Crippen LogP contribution in [0.2, 0.25) is 0 Å². The number of anilines is 1. The number of benzene rings is 2. The standard InChI is InChI=1S/C18H17FN4O3S/c1-12-10-21-23(11-12)16-7-6-14(9-17(16)27(20,25)26)22-18(24)8-13-4-2-3-5-15(13)19/h2-7,9-11H,8H2,1H3,(H,22,24)(H2,20,25,26). The van der Waals surface area contributed by atoms with Gasteiger partial charge in [-0.3, -0.25) is 4.79 Å². The monoisotopic (exact) mass is 388 g/mol. The van der Waals surface area contributed by atoms with Gasteiger partial charge in [-0.1, -0.05) is 18.2 Å². The third kappa shape index (κ3) is 4.39. The molecule has 27 heavy (non-hydrogen) atoms. The predicted molar refractivity (Wildman–Crippen MR) is 98.4 cm³/mol. The second kappa shape index (κ2) is 7.29. The molecule has 2 aromatic carbocycles. The molecule has 3 N–H and O–H groups in total. The van der Waals surface area contributed by atoms with Crippen molar-refractivity contribution in [3.63, 3.8) is 0 Å². The third-order valence-corrected chi connectivity index (χ3v) is 4.76. The van der Waals surface area contributed by atoms with Gasteiger partial charge in [-0.15, -0.1) is 0 Å². The number of rotatable bonds is 5. The molecule has 0 bridgehead atoms. The van der Waals surface area contributed by atoms with Gasteiger partial charge in [0.15, 0.2) is 0 Å². The average Bonchev–Trinajstić information content (AvgIpc) is 3.02. The Kier molecular flexibility index (Phi) is 5.06. The second-order valence-electron chi connectivity index (χ2n) is 6.01. The molecule has 0 aliphatic carbocycles. The van der Waals surface area contributed by atoms with Crippen molar-refractivity contribution >= 4 is 21.6 Å². The molecule has 1 aromatic heterocycles. The van der Waals surface area contributed by atoms with Crippen molar-refractivity contribution < 1.29 is 17.6 Å². The van der Waals surface area contributed by atoms with E-state index in [0.717, 1.165) is 5.56 Å². The molecule has 1 heterocycles. The number of primary sulfonamides is 1. The summed E-state index contributed by atoms with van der Waals surface area (Å²) in [6, 6.07) is 10.2. The molecule has 0 atom stereocenters. The van der Waals surface area contributed by atoms with Gasteiger partial charge < -0.3 is 5.32 Å². The summed E-state index contributed by atoms with van der Waals surface area (Å²) in [6.45, 7) is 1.82. The highest BCUT2D eigenvalue weighted by Gasteiger charge is 2.18. The van der Waals surface area contributed by atoms with Crippen molar-refractivity contribution in [3.05, 3.63) is 71.8 Å². The van der Waals surface area contributed by atoms with Crippen LogP contribution >= 0.6 is 0 Å². The Bertz CT molecular complexity index is 1110. The maximum atomic E-state index is 13.7. The highest BCUT2D eigenvalue weighted by Crippen LogP contribution is 2.23. The smallest absolute Gasteiger partial charge is 0.240 e. The van der Waals surface area contributed by atoms with Crippen LogP contribution in [0.5, 0.6) is 0 Å². The van der Waals surface area contributed by atoms with Crippen LogP contribution in [0, 0.1) is 12.7 Å². The Morgan fingerprint density at radius 2 is 2.00 bits per heavy atom. The molecule has 0 saturated carbocycles. The molecule has 9 heteroatoms. The lowest BCUT2D eigenvalue weighted by molar-refractivity contribution is -0.115. The van der Waals surface area contributed by atoms with E-state index in [1.807, 2.05) is 6.92 Å². The third-order valence-electron chi connectivity index (χ3n) is 3.82. The van der Waals surface area contributed by atoms with Crippen molar-refractivity contribution in [2.24, 2.45) is 5.14 Å². The van der Waals surface area contributed by atoms with E-state index in [-0.39, 0.29) is 28.3 Å². The van der Waals surface area contributed by atoms with Crippen LogP contribution in [-0.2, 0) is 21.2 Å². The number of carbonyl (C=O) groups is 1. The summed E-state index contributed by atoms with van der Waals surface area (Å²) in [4.78, 5) is 12.0. The summed E-state index contributed by atoms with van der Waals surface area (Å²) >= 11 is 0. The summed E-state index contributed by atoms with van der Waals surface area (Å²) in [7, 11) is -4.07. The van der Waals surface area contributed by atoms with Crippen LogP contribution in [0.3, 0.4) is 0 Å². The van der Waals surface area contributed by atoms with Gasteiger partial charge in [0.1, 0.15) is 10.7 Å². The normalized spacial score (nSPS) is 11.4. The zero-order valence-electron chi connectivity index (χ0n) is 14.4. The number of amides is 1. The van der Waals surface area contributed by atoms with E-state index in [1.54, 1.807) is 18.5 Å². The number of nitrogens with two attached hydrogens (primary N) is 1. The van der Waals surface area contributed by atoms with Gasteiger partial charge in [0.05, 0.1) is 18.3 Å². The first-order chi connectivity index (χ1) is 12.7. The number of carbonyl (C=O) groups excluding carboxylic acids is 1. The fourth-order valence-corrected chi connectivity index (χ4v) is 3.32. The van der Waals surface area contributed by atoms with Crippen molar-refractivity contribution in [1.29, 1.82) is 0 Å². The first-order valence-corrected chi connectivity index (χ1v) is 9.50. The molecule has 140 valence electrons. The van der Waals surface area contributed by atoms with Gasteiger partial charge in [0.25, 0.3) is 0 Å². The Morgan fingerprint density at radius 3 is 2.63 bits per heavy atom. The highest BCUT2D eigenvalue weighted by atomic mass is 32.2. The van der Waals surface area contributed by atoms with E-state index in [9.17, 15) is 17.6 Å².